The summed E-state index contributed by atoms with van der Waals surface area (Å²) in [6, 6.07) is 12.9. The monoisotopic (exact) mass is 560 g/mol. The zero-order chi connectivity index (χ0) is 28.8. The normalized spacial score (nSPS) is 16.7. The second kappa shape index (κ2) is 13.1. The van der Waals surface area contributed by atoms with Gasteiger partial charge in [-0.05, 0) is 82.3 Å². The SMILES string of the molecule is CC1=CC=C[C@H]2C=C(c3ccc(C[C@@H](CNC(=O)CN(C)C)NC(=O)c4ccc(OC(C)C)c(Cl)c4)cc3)N=C12. The van der Waals surface area contributed by atoms with Crippen molar-refractivity contribution in [1.82, 2.24) is 15.5 Å². The predicted octanol–water partition coefficient (Wildman–Crippen LogP) is 5.07. The van der Waals surface area contributed by atoms with Crippen molar-refractivity contribution >= 4 is 34.8 Å². The topological polar surface area (TPSA) is 83.0 Å². The lowest BCUT2D eigenvalue weighted by Gasteiger charge is -2.21. The molecule has 2 amide bonds. The molecule has 0 saturated carbocycles. The van der Waals surface area contributed by atoms with Crippen molar-refractivity contribution in [3.63, 3.8) is 0 Å². The summed E-state index contributed by atoms with van der Waals surface area (Å²) >= 11 is 6.36. The van der Waals surface area contributed by atoms with Crippen LogP contribution in [0.15, 0.2) is 77.3 Å². The summed E-state index contributed by atoms with van der Waals surface area (Å²) in [5, 5.41) is 6.39. The molecule has 210 valence electrons. The summed E-state index contributed by atoms with van der Waals surface area (Å²) in [5.41, 5.74) is 5.76. The molecular weight excluding hydrogens is 524 g/mol. The van der Waals surface area contributed by atoms with Crippen LogP contribution in [0.4, 0.5) is 0 Å². The number of benzene rings is 2. The molecule has 4 rings (SSSR count). The van der Waals surface area contributed by atoms with E-state index in [-0.39, 0.29) is 36.4 Å². The molecule has 0 bridgehead atoms. The first kappa shape index (κ1) is 29.3. The number of amides is 2. The number of fused-ring (bicyclic) bond motifs is 1. The van der Waals surface area contributed by atoms with Crippen molar-refractivity contribution in [2.45, 2.75) is 39.3 Å². The number of hydrogen-bond acceptors (Lipinski definition) is 5. The number of likely N-dealkylation sites (N-methyl/N-ethyl adjacent to an activating group) is 1. The number of ether oxygens (including phenoxy) is 1. The maximum atomic E-state index is 13.2. The summed E-state index contributed by atoms with van der Waals surface area (Å²) in [6.45, 7) is 6.48. The number of nitrogens with one attached hydrogen (secondary N) is 2. The second-order valence-electron chi connectivity index (χ2n) is 10.7. The molecule has 1 heterocycles. The van der Waals surface area contributed by atoms with Gasteiger partial charge in [0.2, 0.25) is 5.91 Å². The average molecular weight is 561 g/mol. The molecule has 0 fully saturated rings. The zero-order valence-electron chi connectivity index (χ0n) is 23.7. The Balaban J connectivity index is 1.46. The molecule has 7 nitrogen and oxygen atoms in total. The van der Waals surface area contributed by atoms with Crippen molar-refractivity contribution in [3.8, 4) is 5.75 Å². The number of carbonyl (C=O) groups excluding carboxylic acids is 2. The smallest absolute Gasteiger partial charge is 0.251 e. The van der Waals surface area contributed by atoms with E-state index in [0.29, 0.717) is 29.3 Å². The minimum absolute atomic E-state index is 0.0296. The van der Waals surface area contributed by atoms with Gasteiger partial charge in [0.05, 0.1) is 35.1 Å². The Morgan fingerprint density at radius 3 is 2.52 bits per heavy atom. The summed E-state index contributed by atoms with van der Waals surface area (Å²) in [4.78, 5) is 32.2. The van der Waals surface area contributed by atoms with E-state index < -0.39 is 0 Å². The van der Waals surface area contributed by atoms with Gasteiger partial charge in [-0.25, -0.2) is 0 Å². The fraction of sp³-hybridized carbons (Fsp3) is 0.344. The van der Waals surface area contributed by atoms with E-state index in [4.69, 9.17) is 21.3 Å². The molecule has 2 aromatic rings. The van der Waals surface area contributed by atoms with Crippen molar-refractivity contribution < 1.29 is 14.3 Å². The highest BCUT2D eigenvalue weighted by Gasteiger charge is 2.23. The van der Waals surface area contributed by atoms with Crippen molar-refractivity contribution in [1.29, 1.82) is 0 Å². The molecular formula is C32H37ClN4O3. The minimum atomic E-state index is -0.332. The van der Waals surface area contributed by atoms with Crippen LogP contribution in [0.5, 0.6) is 5.75 Å². The first-order valence-corrected chi connectivity index (χ1v) is 13.9. The van der Waals surface area contributed by atoms with E-state index in [2.05, 4.69) is 54.0 Å². The van der Waals surface area contributed by atoms with E-state index >= 15 is 0 Å². The van der Waals surface area contributed by atoms with Gasteiger partial charge in [0.25, 0.3) is 5.91 Å². The van der Waals surface area contributed by atoms with Crippen LogP contribution in [0.2, 0.25) is 5.02 Å². The third kappa shape index (κ3) is 7.71. The van der Waals surface area contributed by atoms with Gasteiger partial charge in [0.1, 0.15) is 5.75 Å². The summed E-state index contributed by atoms with van der Waals surface area (Å²) in [6.07, 6.45) is 9.01. The predicted molar refractivity (Wildman–Crippen MR) is 162 cm³/mol. The third-order valence-electron chi connectivity index (χ3n) is 6.59. The third-order valence-corrected chi connectivity index (χ3v) is 6.89. The van der Waals surface area contributed by atoms with E-state index in [0.717, 1.165) is 22.5 Å². The molecule has 1 aliphatic heterocycles. The highest BCUT2D eigenvalue weighted by molar-refractivity contribution is 6.32. The fourth-order valence-corrected chi connectivity index (χ4v) is 4.89. The molecule has 2 N–H and O–H groups in total. The molecule has 8 heteroatoms. The average Bonchev–Trinajstić information content (AvgIpc) is 3.34. The number of rotatable bonds is 11. The van der Waals surface area contributed by atoms with Crippen LogP contribution < -0.4 is 15.4 Å². The van der Waals surface area contributed by atoms with Crippen molar-refractivity contribution in [3.05, 3.63) is 94.1 Å². The number of nitrogens with zero attached hydrogens (tertiary/aromatic N) is 2. The standard InChI is InChI=1S/C32H37ClN4O3/c1-20(2)40-29-14-13-25(16-27(29)33)32(39)35-26(18-34-30(38)19-37(4)5)15-22-9-11-23(12-10-22)28-17-24-8-6-7-21(3)31(24)36-28/h6-14,16-17,20,24,26H,15,18-19H2,1-5H3,(H,34,38)(H,35,39)/t24-,26-/m0/s1. The van der Waals surface area contributed by atoms with Crippen LogP contribution in [0, 0.1) is 5.92 Å². The lowest BCUT2D eigenvalue weighted by molar-refractivity contribution is -0.121. The molecule has 40 heavy (non-hydrogen) atoms. The Kier molecular flexibility index (Phi) is 9.61. The van der Waals surface area contributed by atoms with Gasteiger partial charge in [0, 0.05) is 18.0 Å². The van der Waals surface area contributed by atoms with Gasteiger partial charge < -0.3 is 20.3 Å². The molecule has 2 aromatic carbocycles. The van der Waals surface area contributed by atoms with Gasteiger partial charge in [-0.1, -0.05) is 54.1 Å². The van der Waals surface area contributed by atoms with Crippen LogP contribution in [0.3, 0.4) is 0 Å². The van der Waals surface area contributed by atoms with Crippen LogP contribution in [-0.2, 0) is 11.2 Å². The second-order valence-corrected chi connectivity index (χ2v) is 11.1. The molecule has 0 radical (unpaired) electrons. The number of allylic oxidation sites excluding steroid dienone is 5. The van der Waals surface area contributed by atoms with Crippen molar-refractivity contribution in [2.75, 3.05) is 27.2 Å². The van der Waals surface area contributed by atoms with E-state index in [1.807, 2.05) is 40.1 Å². The molecule has 0 unspecified atom stereocenters. The maximum absolute atomic E-state index is 13.2. The summed E-state index contributed by atoms with van der Waals surface area (Å²) in [7, 11) is 3.67. The van der Waals surface area contributed by atoms with Gasteiger partial charge in [-0.15, -0.1) is 0 Å². The first-order chi connectivity index (χ1) is 19.1. The number of hydrogen-bond donors (Lipinski definition) is 2. The molecule has 0 saturated heterocycles. The van der Waals surface area contributed by atoms with E-state index in [9.17, 15) is 9.59 Å². The van der Waals surface area contributed by atoms with E-state index in [1.165, 1.54) is 5.57 Å². The van der Waals surface area contributed by atoms with Gasteiger partial charge in [-0.2, -0.15) is 0 Å². The Morgan fingerprint density at radius 2 is 1.88 bits per heavy atom. The highest BCUT2D eigenvalue weighted by Crippen LogP contribution is 2.31. The zero-order valence-corrected chi connectivity index (χ0v) is 24.5. The van der Waals surface area contributed by atoms with E-state index in [1.54, 1.807) is 23.1 Å². The van der Waals surface area contributed by atoms with Crippen LogP contribution >= 0.6 is 11.6 Å². The Labute approximate surface area is 241 Å². The maximum Gasteiger partial charge on any atom is 0.251 e. The molecule has 0 spiro atoms. The molecule has 0 aromatic heterocycles. The number of carbonyl (C=O) groups is 2. The van der Waals surface area contributed by atoms with Crippen molar-refractivity contribution in [2.24, 2.45) is 10.9 Å². The quantitative estimate of drug-likeness (QED) is 0.402. The fourth-order valence-electron chi connectivity index (χ4n) is 4.66. The number of halogens is 1. The Hall–Kier alpha value is -3.68. The van der Waals surface area contributed by atoms with Gasteiger partial charge >= 0.3 is 0 Å². The summed E-state index contributed by atoms with van der Waals surface area (Å²) < 4.78 is 5.68. The lowest BCUT2D eigenvalue weighted by Crippen LogP contribution is -2.46. The lowest BCUT2D eigenvalue weighted by atomic mass is 9.93. The Morgan fingerprint density at radius 1 is 1.12 bits per heavy atom. The summed E-state index contributed by atoms with van der Waals surface area (Å²) in [5.74, 6) is 0.381. The molecule has 1 aliphatic carbocycles. The van der Waals surface area contributed by atoms with Crippen LogP contribution in [-0.4, -0.2) is 61.8 Å². The largest absolute Gasteiger partial charge is 0.489 e. The highest BCUT2D eigenvalue weighted by atomic mass is 35.5. The first-order valence-electron chi connectivity index (χ1n) is 13.5. The van der Waals surface area contributed by atoms with Gasteiger partial charge in [0.15, 0.2) is 0 Å². The molecule has 2 aliphatic rings. The Bertz CT molecular complexity index is 1370. The minimum Gasteiger partial charge on any atom is -0.489 e. The molecule has 2 atom stereocenters. The van der Waals surface area contributed by atoms with Gasteiger partial charge in [-0.3, -0.25) is 14.6 Å². The number of aliphatic imine (C=N–C) groups is 1. The van der Waals surface area contributed by atoms with Crippen LogP contribution in [0.1, 0.15) is 42.3 Å². The van der Waals surface area contributed by atoms with Crippen LogP contribution in [0.25, 0.3) is 5.70 Å².